The highest BCUT2D eigenvalue weighted by Crippen LogP contribution is 2.16. The first-order valence-electron chi connectivity index (χ1n) is 7.46. The Kier molecular flexibility index (Phi) is 6.10. The van der Waals surface area contributed by atoms with E-state index in [4.69, 9.17) is 14.6 Å². The minimum atomic E-state index is -1.09. The molecule has 23 heavy (non-hydrogen) atoms. The number of ether oxygens (including phenoxy) is 2. The summed E-state index contributed by atoms with van der Waals surface area (Å²) in [5, 5.41) is 16.7. The van der Waals surface area contributed by atoms with Crippen LogP contribution in [0.15, 0.2) is 24.3 Å². The van der Waals surface area contributed by atoms with Gasteiger partial charge in [-0.2, -0.15) is 0 Å². The third-order valence-electron chi connectivity index (χ3n) is 3.44. The molecule has 0 amide bonds. The Morgan fingerprint density at radius 2 is 2.09 bits per heavy atom. The van der Waals surface area contributed by atoms with Gasteiger partial charge in [0.2, 0.25) is 0 Å². The van der Waals surface area contributed by atoms with Crippen LogP contribution in [0, 0.1) is 6.92 Å². The molecule has 0 unspecified atom stereocenters. The number of aromatic nitrogens is 3. The summed E-state index contributed by atoms with van der Waals surface area (Å²) in [7, 11) is 1.51. The van der Waals surface area contributed by atoms with E-state index in [1.165, 1.54) is 7.11 Å². The van der Waals surface area contributed by atoms with Crippen molar-refractivity contribution in [3.63, 3.8) is 0 Å². The van der Waals surface area contributed by atoms with Gasteiger partial charge in [-0.3, -0.25) is 0 Å². The van der Waals surface area contributed by atoms with Gasteiger partial charge in [-0.05, 0) is 31.4 Å². The zero-order valence-electron chi connectivity index (χ0n) is 13.4. The summed E-state index contributed by atoms with van der Waals surface area (Å²) >= 11 is 0. The molecular weight excluding hydrogens is 298 g/mol. The normalized spacial score (nSPS) is 10.7. The molecule has 0 saturated heterocycles. The van der Waals surface area contributed by atoms with Gasteiger partial charge >= 0.3 is 5.97 Å². The first kappa shape index (κ1) is 17.0. The molecule has 1 aromatic heterocycles. The van der Waals surface area contributed by atoms with E-state index < -0.39 is 5.97 Å². The van der Waals surface area contributed by atoms with Crippen LogP contribution >= 0.6 is 0 Å². The number of hydrogen-bond donors (Lipinski definition) is 1. The summed E-state index contributed by atoms with van der Waals surface area (Å²) in [6.07, 6.45) is 1.65. The van der Waals surface area contributed by atoms with Crippen LogP contribution in [0.3, 0.4) is 0 Å². The van der Waals surface area contributed by atoms with Crippen molar-refractivity contribution in [2.45, 2.75) is 32.9 Å². The van der Waals surface area contributed by atoms with Crippen molar-refractivity contribution < 1.29 is 19.4 Å². The molecule has 0 fully saturated rings. The van der Waals surface area contributed by atoms with E-state index in [0.717, 1.165) is 24.2 Å². The summed E-state index contributed by atoms with van der Waals surface area (Å²) in [5.74, 6) is -0.201. The van der Waals surface area contributed by atoms with Gasteiger partial charge < -0.3 is 14.6 Å². The molecule has 7 heteroatoms. The van der Waals surface area contributed by atoms with E-state index in [0.29, 0.717) is 18.8 Å². The minimum Gasteiger partial charge on any atom is -0.493 e. The molecular formula is C16H21N3O4. The van der Waals surface area contributed by atoms with Crippen molar-refractivity contribution in [3.05, 3.63) is 41.2 Å². The lowest BCUT2D eigenvalue weighted by Crippen LogP contribution is -2.10. The van der Waals surface area contributed by atoms with E-state index in [9.17, 15) is 4.79 Å². The average Bonchev–Trinajstić information content (AvgIpc) is 2.92. The van der Waals surface area contributed by atoms with E-state index in [1.54, 1.807) is 4.68 Å². The van der Waals surface area contributed by atoms with Crippen LogP contribution in [0.2, 0.25) is 0 Å². The third-order valence-corrected chi connectivity index (χ3v) is 3.44. The fourth-order valence-corrected chi connectivity index (χ4v) is 2.22. The van der Waals surface area contributed by atoms with E-state index >= 15 is 0 Å². The standard InChI is InChI=1S/C16H21N3O4/c1-12-7-3-4-8-14(12)23-10-6-5-9-19-13(11-22-2)15(16(20)21)17-18-19/h3-4,7-8H,5-6,9-11H2,1-2H3,(H,20,21). The lowest BCUT2D eigenvalue weighted by Gasteiger charge is -2.09. The number of methoxy groups -OCH3 is 1. The molecule has 1 aromatic carbocycles. The van der Waals surface area contributed by atoms with Gasteiger partial charge in [0.1, 0.15) is 5.75 Å². The number of aryl methyl sites for hydroxylation is 2. The molecule has 0 bridgehead atoms. The maximum atomic E-state index is 11.1. The molecule has 0 saturated carbocycles. The highest BCUT2D eigenvalue weighted by atomic mass is 16.5. The highest BCUT2D eigenvalue weighted by Gasteiger charge is 2.18. The molecule has 0 radical (unpaired) electrons. The number of hydrogen-bond acceptors (Lipinski definition) is 5. The van der Waals surface area contributed by atoms with Crippen molar-refractivity contribution >= 4 is 5.97 Å². The maximum Gasteiger partial charge on any atom is 0.358 e. The van der Waals surface area contributed by atoms with Crippen molar-refractivity contribution in [3.8, 4) is 5.75 Å². The fourth-order valence-electron chi connectivity index (χ4n) is 2.22. The Hall–Kier alpha value is -2.41. The number of benzene rings is 1. The number of carboxylic acid groups (broad SMARTS) is 1. The first-order chi connectivity index (χ1) is 11.1. The molecule has 1 N–H and O–H groups in total. The second kappa shape index (κ2) is 8.28. The Bertz CT molecular complexity index is 655. The second-order valence-electron chi connectivity index (χ2n) is 5.17. The SMILES string of the molecule is COCc1c(C(=O)O)nnn1CCCCOc1ccccc1C. The van der Waals surface area contributed by atoms with E-state index in [2.05, 4.69) is 10.3 Å². The molecule has 0 spiro atoms. The Balaban J connectivity index is 1.82. The first-order valence-corrected chi connectivity index (χ1v) is 7.46. The minimum absolute atomic E-state index is 0.0528. The molecule has 2 rings (SSSR count). The predicted molar refractivity (Wildman–Crippen MR) is 83.6 cm³/mol. The van der Waals surface area contributed by atoms with Crippen LogP contribution in [-0.4, -0.2) is 39.8 Å². The van der Waals surface area contributed by atoms with Crippen LogP contribution < -0.4 is 4.74 Å². The molecule has 1 heterocycles. The van der Waals surface area contributed by atoms with Gasteiger partial charge in [0.25, 0.3) is 0 Å². The summed E-state index contributed by atoms with van der Waals surface area (Å²) in [5.41, 5.74) is 1.54. The van der Waals surface area contributed by atoms with Crippen LogP contribution in [0.1, 0.15) is 34.6 Å². The molecule has 0 aliphatic rings. The Labute approximate surface area is 134 Å². The Morgan fingerprint density at radius 3 is 2.78 bits per heavy atom. The van der Waals surface area contributed by atoms with E-state index in [1.807, 2.05) is 31.2 Å². The lowest BCUT2D eigenvalue weighted by molar-refractivity contribution is 0.0684. The van der Waals surface area contributed by atoms with Crippen LogP contribution in [0.5, 0.6) is 5.75 Å². The molecule has 0 atom stereocenters. The number of nitrogens with zero attached hydrogens (tertiary/aromatic N) is 3. The lowest BCUT2D eigenvalue weighted by atomic mass is 10.2. The highest BCUT2D eigenvalue weighted by molar-refractivity contribution is 5.86. The average molecular weight is 319 g/mol. The number of rotatable bonds is 9. The quantitative estimate of drug-likeness (QED) is 0.714. The summed E-state index contributed by atoms with van der Waals surface area (Å²) in [6, 6.07) is 7.88. The van der Waals surface area contributed by atoms with Gasteiger partial charge in [-0.15, -0.1) is 5.10 Å². The van der Waals surface area contributed by atoms with Crippen molar-refractivity contribution in [2.24, 2.45) is 0 Å². The third kappa shape index (κ3) is 4.53. The van der Waals surface area contributed by atoms with Crippen LogP contribution in [0.25, 0.3) is 0 Å². The Morgan fingerprint density at radius 1 is 1.30 bits per heavy atom. The van der Waals surface area contributed by atoms with Gasteiger partial charge in [0.05, 0.1) is 18.9 Å². The van der Waals surface area contributed by atoms with Crippen molar-refractivity contribution in [1.29, 1.82) is 0 Å². The number of para-hydroxylation sites is 1. The zero-order valence-corrected chi connectivity index (χ0v) is 13.4. The van der Waals surface area contributed by atoms with Gasteiger partial charge in [0.15, 0.2) is 5.69 Å². The van der Waals surface area contributed by atoms with Gasteiger partial charge in [-0.25, -0.2) is 9.48 Å². The smallest absolute Gasteiger partial charge is 0.358 e. The number of carbonyl (C=O) groups is 1. The monoisotopic (exact) mass is 319 g/mol. The van der Waals surface area contributed by atoms with Crippen molar-refractivity contribution in [1.82, 2.24) is 15.0 Å². The molecule has 0 aliphatic heterocycles. The molecule has 2 aromatic rings. The predicted octanol–water partition coefficient (Wildman–Crippen LogP) is 2.29. The van der Waals surface area contributed by atoms with Crippen LogP contribution in [-0.2, 0) is 17.9 Å². The zero-order chi connectivity index (χ0) is 16.7. The summed E-state index contributed by atoms with van der Waals surface area (Å²) in [4.78, 5) is 11.1. The number of aromatic carboxylic acids is 1. The fraction of sp³-hybridized carbons (Fsp3) is 0.438. The molecule has 7 nitrogen and oxygen atoms in total. The maximum absolute atomic E-state index is 11.1. The largest absolute Gasteiger partial charge is 0.493 e. The number of carboxylic acids is 1. The summed E-state index contributed by atoms with van der Waals surface area (Å²) < 4.78 is 12.3. The second-order valence-corrected chi connectivity index (χ2v) is 5.17. The summed E-state index contributed by atoms with van der Waals surface area (Å²) in [6.45, 7) is 3.37. The van der Waals surface area contributed by atoms with Crippen molar-refractivity contribution in [2.75, 3.05) is 13.7 Å². The molecule has 124 valence electrons. The van der Waals surface area contributed by atoms with Crippen LogP contribution in [0.4, 0.5) is 0 Å². The van der Waals surface area contributed by atoms with Gasteiger partial charge in [-0.1, -0.05) is 23.4 Å². The van der Waals surface area contributed by atoms with E-state index in [-0.39, 0.29) is 12.3 Å². The van der Waals surface area contributed by atoms with Gasteiger partial charge in [0, 0.05) is 13.7 Å². The number of unbranched alkanes of at least 4 members (excludes halogenated alkanes) is 1. The molecule has 0 aliphatic carbocycles. The topological polar surface area (TPSA) is 86.5 Å².